The van der Waals surface area contributed by atoms with Crippen molar-refractivity contribution in [2.24, 2.45) is 0 Å². The molecule has 16 heavy (non-hydrogen) atoms. The molecule has 2 N–H and O–H groups in total. The van der Waals surface area contributed by atoms with E-state index in [9.17, 15) is 5.11 Å². The zero-order valence-corrected chi connectivity index (χ0v) is 9.27. The molecule has 0 bridgehead atoms. The molecule has 1 aliphatic rings. The third-order valence-electron chi connectivity index (χ3n) is 2.76. The zero-order chi connectivity index (χ0) is 11.5. The first-order chi connectivity index (χ1) is 7.72. The highest BCUT2D eigenvalue weighted by atomic mass is 16.7. The maximum Gasteiger partial charge on any atom is 0.231 e. The molecule has 0 radical (unpaired) electrons. The van der Waals surface area contributed by atoms with E-state index in [0.29, 0.717) is 18.6 Å². The Balaban J connectivity index is 2.20. The molecule has 4 heteroatoms. The fraction of sp³-hybridized carbons (Fsp3) is 0.500. The number of hydrogen-bond acceptors (Lipinski definition) is 4. The number of benzene rings is 1. The summed E-state index contributed by atoms with van der Waals surface area (Å²) in [6.45, 7) is 2.27. The Morgan fingerprint density at radius 2 is 2.00 bits per heavy atom. The van der Waals surface area contributed by atoms with E-state index in [2.05, 4.69) is 0 Å². The van der Waals surface area contributed by atoms with E-state index < -0.39 is 6.10 Å². The third kappa shape index (κ3) is 2.13. The summed E-state index contributed by atoms with van der Waals surface area (Å²) in [6.07, 6.45) is 0.591. The van der Waals surface area contributed by atoms with Gasteiger partial charge in [0, 0.05) is 6.61 Å². The van der Waals surface area contributed by atoms with Crippen LogP contribution in [0.2, 0.25) is 0 Å². The van der Waals surface area contributed by atoms with Crippen LogP contribution in [0.25, 0.3) is 0 Å². The molecule has 0 saturated heterocycles. The number of ether oxygens (including phenoxy) is 2. The highest BCUT2D eigenvalue weighted by molar-refractivity contribution is 5.48. The molecule has 0 fully saturated rings. The fourth-order valence-electron chi connectivity index (χ4n) is 1.86. The summed E-state index contributed by atoms with van der Waals surface area (Å²) in [4.78, 5) is 0. The van der Waals surface area contributed by atoms with Crippen molar-refractivity contribution in [3.8, 4) is 11.5 Å². The Morgan fingerprint density at radius 3 is 2.69 bits per heavy atom. The van der Waals surface area contributed by atoms with Crippen LogP contribution in [0.1, 0.15) is 30.1 Å². The maximum absolute atomic E-state index is 9.96. The predicted octanol–water partition coefficient (Wildman–Crippen LogP) is 1.53. The Kier molecular flexibility index (Phi) is 3.31. The molecule has 0 spiro atoms. The summed E-state index contributed by atoms with van der Waals surface area (Å²) < 4.78 is 10.5. The van der Waals surface area contributed by atoms with E-state index in [-0.39, 0.29) is 13.4 Å². The van der Waals surface area contributed by atoms with Crippen LogP contribution in [0.4, 0.5) is 0 Å². The molecule has 1 aromatic rings. The molecule has 88 valence electrons. The lowest BCUT2D eigenvalue weighted by molar-refractivity contribution is 0.150. The van der Waals surface area contributed by atoms with Gasteiger partial charge in [0.15, 0.2) is 11.5 Å². The second-order valence-electron chi connectivity index (χ2n) is 3.94. The topological polar surface area (TPSA) is 58.9 Å². The zero-order valence-electron chi connectivity index (χ0n) is 9.27. The standard InChI is InChI=1S/C12H16O4/c1-8-5-11-12(16-7-15-11)6-9(8)10(14)3-2-4-13/h5-6,10,13-14H,2-4,7H2,1H3. The first-order valence-corrected chi connectivity index (χ1v) is 5.41. The molecule has 0 aromatic heterocycles. The minimum atomic E-state index is -0.554. The first-order valence-electron chi connectivity index (χ1n) is 5.41. The van der Waals surface area contributed by atoms with Gasteiger partial charge < -0.3 is 19.7 Å². The smallest absolute Gasteiger partial charge is 0.231 e. The van der Waals surface area contributed by atoms with Gasteiger partial charge in [-0.3, -0.25) is 0 Å². The summed E-state index contributed by atoms with van der Waals surface area (Å²) in [5.41, 5.74) is 1.83. The second kappa shape index (κ2) is 4.72. The largest absolute Gasteiger partial charge is 0.454 e. The van der Waals surface area contributed by atoms with Crippen LogP contribution in [-0.4, -0.2) is 23.6 Å². The Hall–Kier alpha value is -1.26. The first kappa shape index (κ1) is 11.2. The Bertz CT molecular complexity index is 376. The van der Waals surface area contributed by atoms with Crippen molar-refractivity contribution in [2.45, 2.75) is 25.9 Å². The SMILES string of the molecule is Cc1cc2c(cc1C(O)CCCO)OCO2. The van der Waals surface area contributed by atoms with Gasteiger partial charge in [-0.05, 0) is 43.0 Å². The number of aliphatic hydroxyl groups excluding tert-OH is 2. The summed E-state index contributed by atoms with van der Waals surface area (Å²) in [7, 11) is 0. The van der Waals surface area contributed by atoms with Gasteiger partial charge in [0.1, 0.15) is 0 Å². The van der Waals surface area contributed by atoms with Crippen LogP contribution in [-0.2, 0) is 0 Å². The quantitative estimate of drug-likeness (QED) is 0.814. The van der Waals surface area contributed by atoms with Crippen molar-refractivity contribution in [3.05, 3.63) is 23.3 Å². The number of rotatable bonds is 4. The van der Waals surface area contributed by atoms with Crippen LogP contribution in [0, 0.1) is 6.92 Å². The average Bonchev–Trinajstić information content (AvgIpc) is 2.71. The number of aryl methyl sites for hydroxylation is 1. The van der Waals surface area contributed by atoms with Crippen molar-refractivity contribution in [1.82, 2.24) is 0 Å². The molecular weight excluding hydrogens is 208 g/mol. The van der Waals surface area contributed by atoms with E-state index in [4.69, 9.17) is 14.6 Å². The lowest BCUT2D eigenvalue weighted by atomic mass is 9.99. The van der Waals surface area contributed by atoms with Crippen LogP contribution in [0.3, 0.4) is 0 Å². The van der Waals surface area contributed by atoms with Crippen LogP contribution < -0.4 is 9.47 Å². The lowest BCUT2D eigenvalue weighted by Gasteiger charge is -2.13. The number of hydrogen-bond donors (Lipinski definition) is 2. The predicted molar refractivity (Wildman–Crippen MR) is 58.6 cm³/mol. The van der Waals surface area contributed by atoms with E-state index >= 15 is 0 Å². The molecule has 0 amide bonds. The molecule has 2 rings (SSSR count). The van der Waals surface area contributed by atoms with Crippen molar-refractivity contribution in [3.63, 3.8) is 0 Å². The highest BCUT2D eigenvalue weighted by Crippen LogP contribution is 2.37. The van der Waals surface area contributed by atoms with Crippen LogP contribution in [0.5, 0.6) is 11.5 Å². The second-order valence-corrected chi connectivity index (χ2v) is 3.94. The van der Waals surface area contributed by atoms with E-state index in [1.165, 1.54) is 0 Å². The minimum absolute atomic E-state index is 0.0979. The normalized spacial score (nSPS) is 15.2. The number of aliphatic hydroxyl groups is 2. The summed E-state index contributed by atoms with van der Waals surface area (Å²) in [5.74, 6) is 1.42. The monoisotopic (exact) mass is 224 g/mol. The summed E-state index contributed by atoms with van der Waals surface area (Å²) in [6, 6.07) is 3.69. The van der Waals surface area contributed by atoms with Gasteiger partial charge in [-0.1, -0.05) is 0 Å². The summed E-state index contributed by atoms with van der Waals surface area (Å²) >= 11 is 0. The third-order valence-corrected chi connectivity index (χ3v) is 2.76. The molecule has 1 atom stereocenters. The molecule has 1 unspecified atom stereocenters. The van der Waals surface area contributed by atoms with Gasteiger partial charge in [0.2, 0.25) is 6.79 Å². The van der Waals surface area contributed by atoms with Gasteiger partial charge >= 0.3 is 0 Å². The lowest BCUT2D eigenvalue weighted by Crippen LogP contribution is -2.01. The van der Waals surface area contributed by atoms with Crippen LogP contribution >= 0.6 is 0 Å². The van der Waals surface area contributed by atoms with E-state index in [1.807, 2.05) is 19.1 Å². The summed E-state index contributed by atoms with van der Waals surface area (Å²) in [5, 5.41) is 18.7. The van der Waals surface area contributed by atoms with Crippen LogP contribution in [0.15, 0.2) is 12.1 Å². The number of fused-ring (bicyclic) bond motifs is 1. The minimum Gasteiger partial charge on any atom is -0.454 e. The van der Waals surface area contributed by atoms with Crippen molar-refractivity contribution < 1.29 is 19.7 Å². The van der Waals surface area contributed by atoms with Crippen molar-refractivity contribution in [2.75, 3.05) is 13.4 Å². The van der Waals surface area contributed by atoms with Gasteiger partial charge in [-0.25, -0.2) is 0 Å². The molecule has 1 heterocycles. The molecule has 1 aliphatic heterocycles. The van der Waals surface area contributed by atoms with Gasteiger partial charge in [0.05, 0.1) is 6.10 Å². The van der Waals surface area contributed by atoms with Gasteiger partial charge in [0.25, 0.3) is 0 Å². The average molecular weight is 224 g/mol. The molecule has 1 aromatic carbocycles. The molecule has 4 nitrogen and oxygen atoms in total. The van der Waals surface area contributed by atoms with Crippen molar-refractivity contribution in [1.29, 1.82) is 0 Å². The molecule has 0 aliphatic carbocycles. The Morgan fingerprint density at radius 1 is 1.31 bits per heavy atom. The van der Waals surface area contributed by atoms with Crippen molar-refractivity contribution >= 4 is 0 Å². The Labute approximate surface area is 94.4 Å². The van der Waals surface area contributed by atoms with Gasteiger partial charge in [-0.15, -0.1) is 0 Å². The molecular formula is C12H16O4. The maximum atomic E-state index is 9.96. The van der Waals surface area contributed by atoms with E-state index in [0.717, 1.165) is 16.9 Å². The molecule has 0 saturated carbocycles. The highest BCUT2D eigenvalue weighted by Gasteiger charge is 2.18. The van der Waals surface area contributed by atoms with Gasteiger partial charge in [-0.2, -0.15) is 0 Å². The fourth-order valence-corrected chi connectivity index (χ4v) is 1.86. The van der Waals surface area contributed by atoms with E-state index in [1.54, 1.807) is 0 Å².